The van der Waals surface area contributed by atoms with E-state index in [1.165, 1.54) is 18.4 Å². The van der Waals surface area contributed by atoms with Crippen molar-refractivity contribution < 1.29 is 14.6 Å². The molecule has 0 atom stereocenters. The van der Waals surface area contributed by atoms with Crippen LogP contribution in [0.1, 0.15) is 10.4 Å². The van der Waals surface area contributed by atoms with Gasteiger partial charge in [0.1, 0.15) is 13.2 Å². The van der Waals surface area contributed by atoms with Gasteiger partial charge in [-0.3, -0.25) is 4.79 Å². The second-order valence-electron chi connectivity index (χ2n) is 2.97. The van der Waals surface area contributed by atoms with Gasteiger partial charge in [-0.1, -0.05) is 11.8 Å². The Kier molecular flexibility index (Phi) is 5.57. The summed E-state index contributed by atoms with van der Waals surface area (Å²) >= 11 is 1.52. The summed E-state index contributed by atoms with van der Waals surface area (Å²) in [4.78, 5) is 12.1. The van der Waals surface area contributed by atoms with Gasteiger partial charge in [0.15, 0.2) is 0 Å². The highest BCUT2D eigenvalue weighted by molar-refractivity contribution is 7.10. The van der Waals surface area contributed by atoms with Crippen molar-refractivity contribution in [1.29, 1.82) is 0 Å². The van der Waals surface area contributed by atoms with Gasteiger partial charge in [-0.25, -0.2) is 0 Å². The molecule has 0 bridgehead atoms. The normalized spacial score (nSPS) is 9.38. The van der Waals surface area contributed by atoms with E-state index in [0.717, 1.165) is 10.4 Å². The SMILES string of the molecule is COCC(=O)NCc1cc(C#CCO)cs1. The summed E-state index contributed by atoms with van der Waals surface area (Å²) in [5, 5.41) is 13.1. The smallest absolute Gasteiger partial charge is 0.246 e. The summed E-state index contributed by atoms with van der Waals surface area (Å²) in [6.07, 6.45) is 0. The van der Waals surface area contributed by atoms with Gasteiger partial charge in [0.2, 0.25) is 5.91 Å². The molecule has 0 aliphatic carbocycles. The molecule has 0 saturated carbocycles. The Bertz CT molecular complexity index is 403. The Morgan fingerprint density at radius 3 is 3.19 bits per heavy atom. The lowest BCUT2D eigenvalue weighted by Gasteiger charge is -2.01. The van der Waals surface area contributed by atoms with E-state index < -0.39 is 0 Å². The molecular formula is C11H13NO3S. The predicted molar refractivity (Wildman–Crippen MR) is 62.0 cm³/mol. The second kappa shape index (κ2) is 7.01. The molecule has 1 heterocycles. The molecular weight excluding hydrogens is 226 g/mol. The zero-order valence-corrected chi connectivity index (χ0v) is 9.76. The van der Waals surface area contributed by atoms with Crippen LogP contribution in [0.2, 0.25) is 0 Å². The molecule has 16 heavy (non-hydrogen) atoms. The Morgan fingerprint density at radius 1 is 1.69 bits per heavy atom. The Hall–Kier alpha value is -1.35. The highest BCUT2D eigenvalue weighted by Crippen LogP contribution is 2.13. The van der Waals surface area contributed by atoms with Crippen LogP contribution in [0.3, 0.4) is 0 Å². The Balaban J connectivity index is 2.43. The van der Waals surface area contributed by atoms with Gasteiger partial charge in [0.05, 0.1) is 6.54 Å². The van der Waals surface area contributed by atoms with Gasteiger partial charge in [0, 0.05) is 22.9 Å². The van der Waals surface area contributed by atoms with Crippen LogP contribution in [0, 0.1) is 11.8 Å². The first-order chi connectivity index (χ1) is 7.76. The number of carbonyl (C=O) groups excluding carboxylic acids is 1. The minimum absolute atomic E-state index is 0.0720. The molecule has 2 N–H and O–H groups in total. The third kappa shape index (κ3) is 4.45. The van der Waals surface area contributed by atoms with Crippen LogP contribution in [-0.4, -0.2) is 31.3 Å². The molecule has 86 valence electrons. The van der Waals surface area contributed by atoms with Crippen LogP contribution >= 0.6 is 11.3 Å². The molecule has 0 aliphatic heterocycles. The monoisotopic (exact) mass is 239 g/mol. The number of thiophene rings is 1. The van der Waals surface area contributed by atoms with E-state index in [-0.39, 0.29) is 19.1 Å². The van der Waals surface area contributed by atoms with E-state index in [1.54, 1.807) is 0 Å². The molecule has 4 nitrogen and oxygen atoms in total. The van der Waals surface area contributed by atoms with E-state index in [2.05, 4.69) is 17.2 Å². The second-order valence-corrected chi connectivity index (χ2v) is 3.97. The van der Waals surface area contributed by atoms with Crippen LogP contribution in [0.4, 0.5) is 0 Å². The van der Waals surface area contributed by atoms with Crippen molar-refractivity contribution in [2.24, 2.45) is 0 Å². The van der Waals surface area contributed by atoms with Gasteiger partial charge in [-0.05, 0) is 6.07 Å². The number of rotatable bonds is 4. The lowest BCUT2D eigenvalue weighted by Crippen LogP contribution is -2.26. The molecule has 5 heteroatoms. The molecule has 1 aromatic rings. The molecule has 0 aliphatic rings. The summed E-state index contributed by atoms with van der Waals surface area (Å²) < 4.78 is 4.69. The predicted octanol–water partition coefficient (Wildman–Crippen LogP) is 0.355. The third-order valence-corrected chi connectivity index (χ3v) is 2.64. The van der Waals surface area contributed by atoms with E-state index in [4.69, 9.17) is 9.84 Å². The fourth-order valence-corrected chi connectivity index (χ4v) is 1.80. The number of methoxy groups -OCH3 is 1. The number of hydrogen-bond donors (Lipinski definition) is 2. The highest BCUT2D eigenvalue weighted by atomic mass is 32.1. The summed E-state index contributed by atoms with van der Waals surface area (Å²) in [7, 11) is 1.48. The van der Waals surface area contributed by atoms with Gasteiger partial charge < -0.3 is 15.2 Å². The van der Waals surface area contributed by atoms with E-state index in [0.29, 0.717) is 6.54 Å². The highest BCUT2D eigenvalue weighted by Gasteiger charge is 2.01. The zero-order chi connectivity index (χ0) is 11.8. The van der Waals surface area contributed by atoms with E-state index in [9.17, 15) is 4.79 Å². The van der Waals surface area contributed by atoms with Crippen molar-refractivity contribution >= 4 is 17.2 Å². The molecule has 1 rings (SSSR count). The van der Waals surface area contributed by atoms with Crippen molar-refractivity contribution in [2.75, 3.05) is 20.3 Å². The van der Waals surface area contributed by atoms with Gasteiger partial charge in [0.25, 0.3) is 0 Å². The lowest BCUT2D eigenvalue weighted by atomic mass is 10.3. The van der Waals surface area contributed by atoms with Crippen LogP contribution in [0.5, 0.6) is 0 Å². The average Bonchev–Trinajstić information content (AvgIpc) is 2.72. The molecule has 1 amide bonds. The largest absolute Gasteiger partial charge is 0.384 e. The molecule has 0 radical (unpaired) electrons. The molecule has 0 saturated heterocycles. The minimum atomic E-state index is -0.143. The van der Waals surface area contributed by atoms with Crippen LogP contribution in [0.15, 0.2) is 11.4 Å². The molecule has 0 unspecified atom stereocenters. The first kappa shape index (κ1) is 12.7. The summed E-state index contributed by atoms with van der Waals surface area (Å²) in [6.45, 7) is 0.409. The van der Waals surface area contributed by atoms with Crippen molar-refractivity contribution in [2.45, 2.75) is 6.54 Å². The van der Waals surface area contributed by atoms with Crippen LogP contribution in [0.25, 0.3) is 0 Å². The molecule has 0 spiro atoms. The number of aliphatic hydroxyl groups is 1. The topological polar surface area (TPSA) is 58.6 Å². The standard InChI is InChI=1S/C11H13NO3S/c1-15-7-11(14)12-6-10-5-9(8-16-10)3-2-4-13/h5,8,13H,4,6-7H2,1H3,(H,12,14). The van der Waals surface area contributed by atoms with E-state index >= 15 is 0 Å². The fourth-order valence-electron chi connectivity index (χ4n) is 1.05. The van der Waals surface area contributed by atoms with Crippen LogP contribution in [-0.2, 0) is 16.1 Å². The first-order valence-electron chi connectivity index (χ1n) is 4.69. The number of carbonyl (C=O) groups is 1. The Labute approximate surface area is 98.2 Å². The van der Waals surface area contributed by atoms with Crippen molar-refractivity contribution in [3.05, 3.63) is 21.9 Å². The van der Waals surface area contributed by atoms with E-state index in [1.807, 2.05) is 11.4 Å². The fraction of sp³-hybridized carbons (Fsp3) is 0.364. The number of nitrogens with one attached hydrogen (secondary N) is 1. The summed E-state index contributed by atoms with van der Waals surface area (Å²) in [5.74, 6) is 5.23. The number of ether oxygens (including phenoxy) is 1. The minimum Gasteiger partial charge on any atom is -0.384 e. The number of amides is 1. The molecule has 0 aromatic carbocycles. The van der Waals surface area contributed by atoms with Crippen molar-refractivity contribution in [3.63, 3.8) is 0 Å². The average molecular weight is 239 g/mol. The van der Waals surface area contributed by atoms with Gasteiger partial charge in [-0.15, -0.1) is 11.3 Å². The summed E-state index contributed by atoms with van der Waals surface area (Å²) in [6, 6.07) is 1.89. The first-order valence-corrected chi connectivity index (χ1v) is 5.57. The van der Waals surface area contributed by atoms with Crippen molar-refractivity contribution in [3.8, 4) is 11.8 Å². The summed E-state index contributed by atoms with van der Waals surface area (Å²) in [5.41, 5.74) is 0.857. The maximum atomic E-state index is 11.1. The zero-order valence-electron chi connectivity index (χ0n) is 8.95. The van der Waals surface area contributed by atoms with Gasteiger partial charge in [-0.2, -0.15) is 0 Å². The Morgan fingerprint density at radius 2 is 2.50 bits per heavy atom. The number of hydrogen-bond acceptors (Lipinski definition) is 4. The quantitative estimate of drug-likeness (QED) is 0.746. The maximum Gasteiger partial charge on any atom is 0.246 e. The number of aliphatic hydroxyl groups excluding tert-OH is 1. The third-order valence-electron chi connectivity index (χ3n) is 1.70. The maximum absolute atomic E-state index is 11.1. The lowest BCUT2D eigenvalue weighted by molar-refractivity contribution is -0.124. The molecule has 0 fully saturated rings. The van der Waals surface area contributed by atoms with Crippen LogP contribution < -0.4 is 5.32 Å². The van der Waals surface area contributed by atoms with Crippen molar-refractivity contribution in [1.82, 2.24) is 5.32 Å². The molecule has 1 aromatic heterocycles. The van der Waals surface area contributed by atoms with Gasteiger partial charge >= 0.3 is 0 Å².